The molecule has 90 valence electrons. The molecular weight excluding hydrogens is 224 g/mol. The summed E-state index contributed by atoms with van der Waals surface area (Å²) in [6.07, 6.45) is 0. The van der Waals surface area contributed by atoms with Gasteiger partial charge in [-0.25, -0.2) is 0 Å². The first-order valence-electron chi connectivity index (χ1n) is 5.51. The van der Waals surface area contributed by atoms with E-state index < -0.39 is 0 Å². The second-order valence-corrected chi connectivity index (χ2v) is 4.02. The van der Waals surface area contributed by atoms with E-state index in [1.54, 1.807) is 0 Å². The highest BCUT2D eigenvalue weighted by Crippen LogP contribution is 2.23. The van der Waals surface area contributed by atoms with Crippen LogP contribution in [0.25, 0.3) is 0 Å². The summed E-state index contributed by atoms with van der Waals surface area (Å²) in [6.45, 7) is 4.49. The molecule has 3 nitrogen and oxygen atoms in total. The van der Waals surface area contributed by atoms with E-state index in [0.717, 1.165) is 29.4 Å². The highest BCUT2D eigenvalue weighted by atomic mass is 35.5. The first-order chi connectivity index (χ1) is 7.72. The molecule has 0 unspecified atom stereocenters. The van der Waals surface area contributed by atoms with E-state index >= 15 is 0 Å². The minimum atomic E-state index is 0.156. The second-order valence-electron chi connectivity index (χ2n) is 3.61. The maximum absolute atomic E-state index is 8.95. The summed E-state index contributed by atoms with van der Waals surface area (Å²) in [7, 11) is 1.90. The molecule has 4 heteroatoms. The highest BCUT2D eigenvalue weighted by Gasteiger charge is 2.06. The van der Waals surface area contributed by atoms with Crippen molar-refractivity contribution in [1.82, 2.24) is 5.32 Å². The number of nitrogens with zero attached hydrogens (tertiary/aromatic N) is 1. The maximum Gasteiger partial charge on any atom is 0.0606 e. The summed E-state index contributed by atoms with van der Waals surface area (Å²) < 4.78 is 0. The lowest BCUT2D eigenvalue weighted by Gasteiger charge is -2.22. The molecule has 0 atom stereocenters. The molecule has 16 heavy (non-hydrogen) atoms. The number of nitrogens with one attached hydrogen (secondary N) is 1. The van der Waals surface area contributed by atoms with Gasteiger partial charge in [-0.15, -0.1) is 0 Å². The number of anilines is 1. The number of likely N-dealkylation sites (N-methyl/N-ethyl adjacent to an activating group) is 1. The summed E-state index contributed by atoms with van der Waals surface area (Å²) in [5.41, 5.74) is 2.15. The number of halogens is 1. The van der Waals surface area contributed by atoms with E-state index in [1.807, 2.05) is 25.2 Å². The van der Waals surface area contributed by atoms with E-state index in [2.05, 4.69) is 17.1 Å². The summed E-state index contributed by atoms with van der Waals surface area (Å²) >= 11 is 6.18. The van der Waals surface area contributed by atoms with Gasteiger partial charge in [-0.1, -0.05) is 17.7 Å². The predicted octanol–water partition coefficient (Wildman–Crippen LogP) is 1.88. The lowest BCUT2D eigenvalue weighted by atomic mass is 10.2. The van der Waals surface area contributed by atoms with Crippen LogP contribution in [0.3, 0.4) is 0 Å². The van der Waals surface area contributed by atoms with Gasteiger partial charge >= 0.3 is 0 Å². The Kier molecular flexibility index (Phi) is 5.60. The van der Waals surface area contributed by atoms with Crippen LogP contribution in [-0.2, 0) is 6.54 Å². The Labute approximate surface area is 102 Å². The first kappa shape index (κ1) is 13.3. The van der Waals surface area contributed by atoms with Crippen molar-refractivity contribution in [2.45, 2.75) is 13.5 Å². The number of aliphatic hydroxyl groups excluding tert-OH is 1. The van der Waals surface area contributed by atoms with Crippen molar-refractivity contribution in [2.24, 2.45) is 0 Å². The van der Waals surface area contributed by atoms with Crippen molar-refractivity contribution in [1.29, 1.82) is 0 Å². The van der Waals surface area contributed by atoms with E-state index in [1.165, 1.54) is 0 Å². The van der Waals surface area contributed by atoms with E-state index in [4.69, 9.17) is 16.7 Å². The largest absolute Gasteiger partial charge is 0.395 e. The Bertz CT molecular complexity index is 331. The normalized spacial score (nSPS) is 10.5. The van der Waals surface area contributed by atoms with Gasteiger partial charge in [-0.2, -0.15) is 0 Å². The Balaban J connectivity index is 2.85. The van der Waals surface area contributed by atoms with Gasteiger partial charge in [0.15, 0.2) is 0 Å². The number of aliphatic hydroxyl groups is 1. The Morgan fingerprint density at radius 1 is 1.44 bits per heavy atom. The molecule has 0 spiro atoms. The van der Waals surface area contributed by atoms with Crippen LogP contribution in [0.2, 0.25) is 5.02 Å². The molecule has 0 fully saturated rings. The zero-order valence-electron chi connectivity index (χ0n) is 9.83. The minimum Gasteiger partial charge on any atom is -0.395 e. The van der Waals surface area contributed by atoms with Crippen molar-refractivity contribution < 1.29 is 5.11 Å². The van der Waals surface area contributed by atoms with Crippen LogP contribution in [0.1, 0.15) is 12.5 Å². The summed E-state index contributed by atoms with van der Waals surface area (Å²) in [4.78, 5) is 2.09. The molecule has 1 aromatic rings. The van der Waals surface area contributed by atoms with Gasteiger partial charge in [-0.3, -0.25) is 0 Å². The predicted molar refractivity (Wildman–Crippen MR) is 69.2 cm³/mol. The molecule has 0 amide bonds. The number of hydrogen-bond acceptors (Lipinski definition) is 3. The molecule has 0 aliphatic heterocycles. The van der Waals surface area contributed by atoms with Crippen LogP contribution < -0.4 is 10.2 Å². The van der Waals surface area contributed by atoms with Crippen molar-refractivity contribution in [3.8, 4) is 0 Å². The second kappa shape index (κ2) is 6.74. The fourth-order valence-electron chi connectivity index (χ4n) is 1.66. The minimum absolute atomic E-state index is 0.156. The maximum atomic E-state index is 8.95. The molecule has 0 radical (unpaired) electrons. The molecule has 0 aromatic heterocycles. The van der Waals surface area contributed by atoms with Gasteiger partial charge in [0.2, 0.25) is 0 Å². The first-order valence-corrected chi connectivity index (χ1v) is 5.89. The lowest BCUT2D eigenvalue weighted by Crippen LogP contribution is -2.26. The molecule has 0 saturated carbocycles. The SMILES string of the molecule is CCN(CCO)c1ccc(CNC)c(Cl)c1. The number of benzene rings is 1. The summed E-state index contributed by atoms with van der Waals surface area (Å²) in [5, 5.41) is 12.8. The van der Waals surface area contributed by atoms with Crippen molar-refractivity contribution in [3.05, 3.63) is 28.8 Å². The standard InChI is InChI=1S/C12H19ClN2O/c1-3-15(6-7-16)11-5-4-10(9-14-2)12(13)8-11/h4-5,8,14,16H,3,6-7,9H2,1-2H3. The van der Waals surface area contributed by atoms with Gasteiger partial charge in [0.1, 0.15) is 0 Å². The van der Waals surface area contributed by atoms with Crippen LogP contribution in [0, 0.1) is 0 Å². The highest BCUT2D eigenvalue weighted by molar-refractivity contribution is 6.31. The topological polar surface area (TPSA) is 35.5 Å². The van der Waals surface area contributed by atoms with E-state index in [-0.39, 0.29) is 6.61 Å². The third-order valence-corrected chi connectivity index (χ3v) is 2.87. The number of rotatable bonds is 6. The van der Waals surface area contributed by atoms with Crippen LogP contribution in [-0.4, -0.2) is 31.9 Å². The monoisotopic (exact) mass is 242 g/mol. The molecule has 0 bridgehead atoms. The van der Waals surface area contributed by atoms with Crippen LogP contribution in [0.15, 0.2) is 18.2 Å². The van der Waals surface area contributed by atoms with E-state index in [0.29, 0.717) is 6.54 Å². The van der Waals surface area contributed by atoms with E-state index in [9.17, 15) is 0 Å². The molecule has 1 aromatic carbocycles. The van der Waals surface area contributed by atoms with Crippen LogP contribution in [0.5, 0.6) is 0 Å². The van der Waals surface area contributed by atoms with Crippen molar-refractivity contribution >= 4 is 17.3 Å². The Morgan fingerprint density at radius 2 is 2.19 bits per heavy atom. The van der Waals surface area contributed by atoms with Crippen LogP contribution >= 0.6 is 11.6 Å². The molecule has 2 N–H and O–H groups in total. The Morgan fingerprint density at radius 3 is 2.69 bits per heavy atom. The van der Waals surface area contributed by atoms with Gasteiger partial charge in [0.05, 0.1) is 6.61 Å². The smallest absolute Gasteiger partial charge is 0.0606 e. The molecule has 0 aliphatic rings. The Hall–Kier alpha value is -0.770. The molecule has 0 saturated heterocycles. The molecule has 1 rings (SSSR count). The molecular formula is C12H19ClN2O. The van der Waals surface area contributed by atoms with Crippen molar-refractivity contribution in [2.75, 3.05) is 31.6 Å². The average molecular weight is 243 g/mol. The third kappa shape index (κ3) is 3.37. The average Bonchev–Trinajstić information content (AvgIpc) is 2.29. The van der Waals surface area contributed by atoms with Gasteiger partial charge < -0.3 is 15.3 Å². The fraction of sp³-hybridized carbons (Fsp3) is 0.500. The third-order valence-electron chi connectivity index (χ3n) is 2.52. The fourth-order valence-corrected chi connectivity index (χ4v) is 1.90. The molecule has 0 heterocycles. The molecule has 0 aliphatic carbocycles. The zero-order valence-corrected chi connectivity index (χ0v) is 10.6. The summed E-state index contributed by atoms with van der Waals surface area (Å²) in [6, 6.07) is 6.01. The quantitative estimate of drug-likeness (QED) is 0.800. The van der Waals surface area contributed by atoms with Crippen LogP contribution in [0.4, 0.5) is 5.69 Å². The lowest BCUT2D eigenvalue weighted by molar-refractivity contribution is 0.302. The van der Waals surface area contributed by atoms with Crippen molar-refractivity contribution in [3.63, 3.8) is 0 Å². The van der Waals surface area contributed by atoms with Gasteiger partial charge in [0, 0.05) is 30.3 Å². The summed E-state index contributed by atoms with van der Waals surface area (Å²) in [5.74, 6) is 0. The zero-order chi connectivity index (χ0) is 12.0. The number of hydrogen-bond donors (Lipinski definition) is 2. The van der Waals surface area contributed by atoms with Gasteiger partial charge in [-0.05, 0) is 31.7 Å². The van der Waals surface area contributed by atoms with Gasteiger partial charge in [0.25, 0.3) is 0 Å².